The zero-order chi connectivity index (χ0) is 13.1. The number of rotatable bonds is 4. The van der Waals surface area contributed by atoms with Gasteiger partial charge in [-0.05, 0) is 18.8 Å². The minimum absolute atomic E-state index is 0.194. The maximum atomic E-state index is 12.1. The Kier molecular flexibility index (Phi) is 3.73. The molecule has 1 saturated carbocycles. The summed E-state index contributed by atoms with van der Waals surface area (Å²) in [7, 11) is 1.72. The van der Waals surface area contributed by atoms with E-state index in [1.807, 2.05) is 0 Å². The number of aliphatic hydroxyl groups excluding tert-OH is 1. The Hall–Kier alpha value is -1.73. The molecule has 1 aliphatic rings. The van der Waals surface area contributed by atoms with Crippen LogP contribution in [0.1, 0.15) is 23.3 Å². The van der Waals surface area contributed by atoms with Crippen molar-refractivity contribution >= 4 is 11.7 Å². The molecule has 1 fully saturated rings. The molecule has 0 atom stereocenters. The Bertz CT molecular complexity index is 433. The van der Waals surface area contributed by atoms with Crippen LogP contribution in [-0.2, 0) is 0 Å². The van der Waals surface area contributed by atoms with Crippen LogP contribution in [0.5, 0.6) is 0 Å². The van der Waals surface area contributed by atoms with Gasteiger partial charge in [0.2, 0.25) is 0 Å². The quantitative estimate of drug-likeness (QED) is 0.497. The highest BCUT2D eigenvalue weighted by Gasteiger charge is 2.29. The zero-order valence-electron chi connectivity index (χ0n) is 10.2. The van der Waals surface area contributed by atoms with E-state index >= 15 is 0 Å². The SMILES string of the molecule is CN(CC1CC(O)C1)C(=O)c1cncc(NN)n1. The van der Waals surface area contributed by atoms with Crippen molar-refractivity contribution in [2.75, 3.05) is 19.0 Å². The van der Waals surface area contributed by atoms with E-state index in [2.05, 4.69) is 15.4 Å². The number of hydrogen-bond acceptors (Lipinski definition) is 6. The lowest BCUT2D eigenvalue weighted by molar-refractivity contribution is 0.0264. The van der Waals surface area contributed by atoms with Gasteiger partial charge in [0.15, 0.2) is 5.82 Å². The minimum Gasteiger partial charge on any atom is -0.393 e. The van der Waals surface area contributed by atoms with Crippen LogP contribution in [-0.4, -0.2) is 45.6 Å². The van der Waals surface area contributed by atoms with E-state index in [1.165, 1.54) is 12.4 Å². The number of carbonyl (C=O) groups is 1. The topological polar surface area (TPSA) is 104 Å². The molecule has 1 heterocycles. The number of amides is 1. The van der Waals surface area contributed by atoms with E-state index in [4.69, 9.17) is 5.84 Å². The molecule has 0 aromatic carbocycles. The average Bonchev–Trinajstić information content (AvgIpc) is 2.36. The predicted octanol–water partition coefficient (Wildman–Crippen LogP) is -0.395. The maximum Gasteiger partial charge on any atom is 0.273 e. The third-order valence-electron chi connectivity index (χ3n) is 3.09. The zero-order valence-corrected chi connectivity index (χ0v) is 10.2. The number of nitrogens with two attached hydrogens (primary N) is 1. The normalized spacial score (nSPS) is 22.2. The molecule has 0 radical (unpaired) electrons. The highest BCUT2D eigenvalue weighted by Crippen LogP contribution is 2.27. The van der Waals surface area contributed by atoms with Gasteiger partial charge >= 0.3 is 0 Å². The fourth-order valence-corrected chi connectivity index (χ4v) is 2.05. The Balaban J connectivity index is 1.96. The van der Waals surface area contributed by atoms with Crippen LogP contribution in [0.2, 0.25) is 0 Å². The Morgan fingerprint density at radius 3 is 2.94 bits per heavy atom. The Morgan fingerprint density at radius 2 is 2.33 bits per heavy atom. The summed E-state index contributed by atoms with van der Waals surface area (Å²) in [4.78, 5) is 21.6. The molecule has 7 nitrogen and oxygen atoms in total. The fourth-order valence-electron chi connectivity index (χ4n) is 2.05. The first-order valence-corrected chi connectivity index (χ1v) is 5.82. The van der Waals surface area contributed by atoms with Crippen molar-refractivity contribution in [3.05, 3.63) is 18.1 Å². The summed E-state index contributed by atoms with van der Waals surface area (Å²) < 4.78 is 0. The average molecular weight is 251 g/mol. The molecule has 1 aliphatic carbocycles. The van der Waals surface area contributed by atoms with Gasteiger partial charge in [0, 0.05) is 13.6 Å². The van der Waals surface area contributed by atoms with E-state index in [1.54, 1.807) is 11.9 Å². The summed E-state index contributed by atoms with van der Waals surface area (Å²) in [5.74, 6) is 5.75. The first kappa shape index (κ1) is 12.7. The molecule has 1 amide bonds. The van der Waals surface area contributed by atoms with E-state index in [0.717, 1.165) is 12.8 Å². The van der Waals surface area contributed by atoms with E-state index < -0.39 is 0 Å². The number of carbonyl (C=O) groups excluding carboxylic acids is 1. The molecule has 18 heavy (non-hydrogen) atoms. The maximum absolute atomic E-state index is 12.1. The largest absolute Gasteiger partial charge is 0.393 e. The summed E-state index contributed by atoms with van der Waals surface area (Å²) in [5, 5.41) is 9.21. The summed E-state index contributed by atoms with van der Waals surface area (Å²) in [5.41, 5.74) is 2.61. The highest BCUT2D eigenvalue weighted by atomic mass is 16.3. The number of hydrogen-bond donors (Lipinski definition) is 3. The van der Waals surface area contributed by atoms with Crippen LogP contribution in [0.15, 0.2) is 12.4 Å². The molecule has 7 heteroatoms. The molecule has 2 rings (SSSR count). The molecule has 98 valence electrons. The molecular formula is C11H17N5O2. The number of aliphatic hydroxyl groups is 1. The number of nitrogen functional groups attached to an aromatic ring is 1. The van der Waals surface area contributed by atoms with Crippen molar-refractivity contribution in [3.63, 3.8) is 0 Å². The van der Waals surface area contributed by atoms with Crippen molar-refractivity contribution in [3.8, 4) is 0 Å². The monoisotopic (exact) mass is 251 g/mol. The van der Waals surface area contributed by atoms with Crippen molar-refractivity contribution in [2.45, 2.75) is 18.9 Å². The van der Waals surface area contributed by atoms with Crippen LogP contribution in [0.4, 0.5) is 5.82 Å². The highest BCUT2D eigenvalue weighted by molar-refractivity contribution is 5.92. The van der Waals surface area contributed by atoms with Gasteiger partial charge in [-0.15, -0.1) is 0 Å². The lowest BCUT2D eigenvalue weighted by Crippen LogP contribution is -2.39. The second kappa shape index (κ2) is 5.28. The Labute approximate surface area is 105 Å². The van der Waals surface area contributed by atoms with Gasteiger partial charge in [-0.1, -0.05) is 0 Å². The summed E-state index contributed by atoms with van der Waals surface area (Å²) in [6.45, 7) is 0.623. The van der Waals surface area contributed by atoms with Gasteiger partial charge in [-0.2, -0.15) is 0 Å². The van der Waals surface area contributed by atoms with Crippen molar-refractivity contribution in [2.24, 2.45) is 11.8 Å². The van der Waals surface area contributed by atoms with Crippen LogP contribution in [0.25, 0.3) is 0 Å². The summed E-state index contributed by atoms with van der Waals surface area (Å²) in [6, 6.07) is 0. The van der Waals surface area contributed by atoms with Gasteiger partial charge in [0.1, 0.15) is 5.69 Å². The van der Waals surface area contributed by atoms with E-state index in [-0.39, 0.29) is 17.7 Å². The van der Waals surface area contributed by atoms with Gasteiger partial charge in [0.05, 0.1) is 18.5 Å². The summed E-state index contributed by atoms with van der Waals surface area (Å²) in [6.07, 6.45) is 4.17. The van der Waals surface area contributed by atoms with E-state index in [0.29, 0.717) is 18.3 Å². The molecule has 0 bridgehead atoms. The lowest BCUT2D eigenvalue weighted by Gasteiger charge is -2.34. The number of nitrogens with zero attached hydrogens (tertiary/aromatic N) is 3. The van der Waals surface area contributed by atoms with E-state index in [9.17, 15) is 9.90 Å². The summed E-state index contributed by atoms with van der Waals surface area (Å²) >= 11 is 0. The second-order valence-electron chi connectivity index (χ2n) is 4.61. The molecule has 0 saturated heterocycles. The van der Waals surface area contributed by atoms with Gasteiger partial charge < -0.3 is 15.4 Å². The van der Waals surface area contributed by atoms with Gasteiger partial charge in [0.25, 0.3) is 5.91 Å². The molecule has 1 aromatic rings. The first-order valence-electron chi connectivity index (χ1n) is 5.82. The first-order chi connectivity index (χ1) is 8.60. The molecule has 0 aliphatic heterocycles. The van der Waals surface area contributed by atoms with Gasteiger partial charge in [-0.3, -0.25) is 9.78 Å². The van der Waals surface area contributed by atoms with Crippen molar-refractivity contribution in [1.82, 2.24) is 14.9 Å². The van der Waals surface area contributed by atoms with Crippen LogP contribution < -0.4 is 11.3 Å². The second-order valence-corrected chi connectivity index (χ2v) is 4.61. The third-order valence-corrected chi connectivity index (χ3v) is 3.09. The van der Waals surface area contributed by atoms with Crippen LogP contribution in [0, 0.1) is 5.92 Å². The number of anilines is 1. The van der Waals surface area contributed by atoms with Crippen LogP contribution >= 0.6 is 0 Å². The predicted molar refractivity (Wildman–Crippen MR) is 65.5 cm³/mol. The number of nitrogens with one attached hydrogen (secondary N) is 1. The van der Waals surface area contributed by atoms with Crippen LogP contribution in [0.3, 0.4) is 0 Å². The fraction of sp³-hybridized carbons (Fsp3) is 0.545. The lowest BCUT2D eigenvalue weighted by atomic mass is 9.82. The molecule has 0 unspecified atom stereocenters. The Morgan fingerprint density at radius 1 is 1.61 bits per heavy atom. The third kappa shape index (κ3) is 2.74. The van der Waals surface area contributed by atoms with Crippen molar-refractivity contribution < 1.29 is 9.90 Å². The molecular weight excluding hydrogens is 234 g/mol. The van der Waals surface area contributed by atoms with Gasteiger partial charge in [-0.25, -0.2) is 10.8 Å². The number of hydrazine groups is 1. The molecule has 1 aromatic heterocycles. The van der Waals surface area contributed by atoms with Crippen molar-refractivity contribution in [1.29, 1.82) is 0 Å². The minimum atomic E-state index is -0.205. The standard InChI is InChI=1S/C11H17N5O2/c1-16(6-7-2-8(17)3-7)11(18)9-4-13-5-10(14-9)15-12/h4-5,7-8,17H,2-3,6,12H2,1H3,(H,14,15). The number of aromatic nitrogens is 2. The molecule has 0 spiro atoms. The smallest absolute Gasteiger partial charge is 0.273 e. The molecule has 4 N–H and O–H groups in total.